The molecular weight excluding hydrogens is 400 g/mol. The molecule has 1 aromatic carbocycles. The van der Waals surface area contributed by atoms with Gasteiger partial charge in [-0.05, 0) is 35.7 Å². The number of thiophene rings is 1. The molecule has 1 aliphatic heterocycles. The van der Waals surface area contributed by atoms with Gasteiger partial charge in [-0.15, -0.1) is 11.3 Å². The van der Waals surface area contributed by atoms with E-state index in [4.69, 9.17) is 23.8 Å². The van der Waals surface area contributed by atoms with E-state index in [0.717, 1.165) is 16.6 Å². The van der Waals surface area contributed by atoms with Crippen molar-refractivity contribution in [1.29, 1.82) is 0 Å². The Kier molecular flexibility index (Phi) is 5.43. The number of thiocarbonyl (C=S) groups is 1. The minimum absolute atomic E-state index is 0.110. The number of nitrogens with zero attached hydrogens (tertiary/aromatic N) is 1. The van der Waals surface area contributed by atoms with Gasteiger partial charge in [-0.1, -0.05) is 41.6 Å². The third-order valence-corrected chi connectivity index (χ3v) is 5.66. The number of anilines is 1. The van der Waals surface area contributed by atoms with Crippen molar-refractivity contribution in [2.24, 2.45) is 0 Å². The Labute approximate surface area is 162 Å². The highest BCUT2D eigenvalue weighted by molar-refractivity contribution is 8.26. The van der Waals surface area contributed by atoms with Crippen molar-refractivity contribution < 1.29 is 14.7 Å². The van der Waals surface area contributed by atoms with Gasteiger partial charge >= 0.3 is 0 Å². The fourth-order valence-corrected chi connectivity index (χ4v) is 4.23. The second kappa shape index (κ2) is 7.57. The molecule has 1 fully saturated rings. The molecule has 0 atom stereocenters. The minimum atomic E-state index is -0.480. The third kappa shape index (κ3) is 4.21. The van der Waals surface area contributed by atoms with Crippen molar-refractivity contribution in [3.8, 4) is 5.75 Å². The first-order chi connectivity index (χ1) is 11.9. The number of amides is 2. The molecule has 0 aliphatic carbocycles. The summed E-state index contributed by atoms with van der Waals surface area (Å²) in [7, 11) is 0. The number of rotatable bonds is 4. The number of benzene rings is 1. The van der Waals surface area contributed by atoms with Crippen LogP contribution in [0, 0.1) is 0 Å². The monoisotopic (exact) mass is 410 g/mol. The largest absolute Gasteiger partial charge is 0.506 e. The molecule has 0 saturated carbocycles. The Hall–Kier alpha value is -1.87. The van der Waals surface area contributed by atoms with Crippen LogP contribution in [-0.2, 0) is 9.59 Å². The molecule has 3 rings (SSSR count). The van der Waals surface area contributed by atoms with E-state index in [1.54, 1.807) is 6.08 Å². The zero-order valence-corrected chi connectivity index (χ0v) is 15.8. The lowest BCUT2D eigenvalue weighted by atomic mass is 10.3. The smallest absolute Gasteiger partial charge is 0.266 e. The van der Waals surface area contributed by atoms with Crippen molar-refractivity contribution in [1.82, 2.24) is 4.90 Å². The van der Waals surface area contributed by atoms with Gasteiger partial charge in [-0.2, -0.15) is 0 Å². The molecule has 5 nitrogen and oxygen atoms in total. The quantitative estimate of drug-likeness (QED) is 0.453. The van der Waals surface area contributed by atoms with Gasteiger partial charge < -0.3 is 10.4 Å². The van der Waals surface area contributed by atoms with E-state index in [1.807, 2.05) is 17.5 Å². The summed E-state index contributed by atoms with van der Waals surface area (Å²) in [4.78, 5) is 27.3. The van der Waals surface area contributed by atoms with E-state index in [0.29, 0.717) is 14.2 Å². The van der Waals surface area contributed by atoms with Crippen LogP contribution in [0.5, 0.6) is 5.75 Å². The minimum Gasteiger partial charge on any atom is -0.506 e. The first-order valence-corrected chi connectivity index (χ1v) is 9.49. The van der Waals surface area contributed by atoms with Crippen molar-refractivity contribution >= 4 is 74.8 Å². The van der Waals surface area contributed by atoms with Crippen LogP contribution in [-0.4, -0.2) is 32.7 Å². The number of halogens is 1. The maximum Gasteiger partial charge on any atom is 0.266 e. The number of carbonyl (C=O) groups excluding carboxylic acids is 2. The van der Waals surface area contributed by atoms with Crippen LogP contribution in [0.4, 0.5) is 5.69 Å². The molecule has 25 heavy (non-hydrogen) atoms. The Morgan fingerprint density at radius 3 is 2.92 bits per heavy atom. The van der Waals surface area contributed by atoms with Crippen LogP contribution >= 0.6 is 46.9 Å². The van der Waals surface area contributed by atoms with Crippen molar-refractivity contribution in [3.05, 3.63) is 50.5 Å². The lowest BCUT2D eigenvalue weighted by Gasteiger charge is -2.14. The highest BCUT2D eigenvalue weighted by Crippen LogP contribution is 2.33. The van der Waals surface area contributed by atoms with Gasteiger partial charge in [0, 0.05) is 9.90 Å². The molecule has 2 heterocycles. The maximum atomic E-state index is 12.5. The summed E-state index contributed by atoms with van der Waals surface area (Å²) in [6, 6.07) is 8.09. The molecule has 0 spiro atoms. The van der Waals surface area contributed by atoms with Gasteiger partial charge in [0.2, 0.25) is 5.91 Å². The van der Waals surface area contributed by atoms with Crippen molar-refractivity contribution in [2.45, 2.75) is 0 Å². The summed E-state index contributed by atoms with van der Waals surface area (Å²) in [5.74, 6) is -0.902. The summed E-state index contributed by atoms with van der Waals surface area (Å²) >= 11 is 13.7. The molecule has 1 saturated heterocycles. The van der Waals surface area contributed by atoms with E-state index in [2.05, 4.69) is 5.32 Å². The number of phenolic OH excluding ortho intramolecular Hbond substituents is 1. The summed E-state index contributed by atoms with van der Waals surface area (Å²) < 4.78 is 0.318. The molecule has 0 bridgehead atoms. The molecule has 2 N–H and O–H groups in total. The average molecular weight is 411 g/mol. The molecule has 1 aromatic heterocycles. The lowest BCUT2D eigenvalue weighted by molar-refractivity contribution is -0.126. The molecule has 128 valence electrons. The van der Waals surface area contributed by atoms with Crippen LogP contribution < -0.4 is 5.32 Å². The number of thioether (sulfide) groups is 1. The van der Waals surface area contributed by atoms with Crippen LogP contribution in [0.25, 0.3) is 6.08 Å². The van der Waals surface area contributed by atoms with Crippen molar-refractivity contribution in [2.75, 3.05) is 11.9 Å². The predicted molar refractivity (Wildman–Crippen MR) is 106 cm³/mol. The van der Waals surface area contributed by atoms with Gasteiger partial charge in [0.15, 0.2) is 0 Å². The Balaban J connectivity index is 1.70. The molecule has 9 heteroatoms. The Morgan fingerprint density at radius 1 is 1.40 bits per heavy atom. The number of nitrogens with one attached hydrogen (secondary N) is 1. The SMILES string of the molecule is O=C(CN1C(=O)/C(=C\c2cccs2)SC1=S)Nc1cc(Cl)ccc1O. The average Bonchev–Trinajstić information content (AvgIpc) is 3.15. The van der Waals surface area contributed by atoms with Crippen LogP contribution in [0.3, 0.4) is 0 Å². The van der Waals surface area contributed by atoms with E-state index in [1.165, 1.54) is 34.4 Å². The number of phenols is 1. The van der Waals surface area contributed by atoms with E-state index < -0.39 is 5.91 Å². The van der Waals surface area contributed by atoms with Crippen molar-refractivity contribution in [3.63, 3.8) is 0 Å². The van der Waals surface area contributed by atoms with Gasteiger partial charge in [0.05, 0.1) is 10.6 Å². The first kappa shape index (κ1) is 17.9. The molecule has 0 radical (unpaired) electrons. The second-order valence-corrected chi connectivity index (χ2v) is 8.08. The standard InChI is InChI=1S/C16H11ClN2O3S3/c17-9-3-4-12(20)11(6-9)18-14(21)8-19-15(22)13(25-16(19)23)7-10-2-1-5-24-10/h1-7,20H,8H2,(H,18,21)/b13-7+. The van der Waals surface area contributed by atoms with Crippen LogP contribution in [0.1, 0.15) is 4.88 Å². The molecule has 2 amide bonds. The predicted octanol–water partition coefficient (Wildman–Crippen LogP) is 3.95. The Bertz CT molecular complexity index is 881. The van der Waals surface area contributed by atoms with Crippen LogP contribution in [0.2, 0.25) is 5.02 Å². The number of aromatic hydroxyl groups is 1. The number of hydrogen-bond acceptors (Lipinski definition) is 6. The summed E-state index contributed by atoms with van der Waals surface area (Å²) in [5, 5.41) is 14.6. The molecule has 2 aromatic rings. The van der Waals surface area contributed by atoms with Gasteiger partial charge in [0.25, 0.3) is 5.91 Å². The van der Waals surface area contributed by atoms with Gasteiger partial charge in [-0.25, -0.2) is 0 Å². The zero-order valence-electron chi connectivity index (χ0n) is 12.6. The molecule has 1 aliphatic rings. The summed E-state index contributed by atoms with van der Waals surface area (Å²) in [6.07, 6.45) is 1.75. The fraction of sp³-hybridized carbons (Fsp3) is 0.0625. The fourth-order valence-electron chi connectivity index (χ4n) is 2.08. The zero-order chi connectivity index (χ0) is 18.0. The van der Waals surface area contributed by atoms with Crippen LogP contribution in [0.15, 0.2) is 40.6 Å². The molecule has 0 unspecified atom stereocenters. The maximum absolute atomic E-state index is 12.5. The van der Waals surface area contributed by atoms with E-state index in [9.17, 15) is 14.7 Å². The highest BCUT2D eigenvalue weighted by atomic mass is 35.5. The summed E-state index contributed by atoms with van der Waals surface area (Å²) in [6.45, 7) is -0.238. The van der Waals surface area contributed by atoms with E-state index >= 15 is 0 Å². The summed E-state index contributed by atoms with van der Waals surface area (Å²) in [5.41, 5.74) is 0.178. The highest BCUT2D eigenvalue weighted by Gasteiger charge is 2.33. The van der Waals surface area contributed by atoms with Gasteiger partial charge in [0.1, 0.15) is 16.6 Å². The lowest BCUT2D eigenvalue weighted by Crippen LogP contribution is -2.36. The number of hydrogen-bond donors (Lipinski definition) is 2. The third-order valence-electron chi connectivity index (χ3n) is 3.22. The second-order valence-electron chi connectivity index (χ2n) is 4.99. The number of carbonyl (C=O) groups is 2. The van der Waals surface area contributed by atoms with Gasteiger partial charge in [-0.3, -0.25) is 14.5 Å². The van der Waals surface area contributed by atoms with E-state index in [-0.39, 0.29) is 23.9 Å². The molecular formula is C16H11ClN2O3S3. The normalized spacial score (nSPS) is 15.9. The first-order valence-electron chi connectivity index (χ1n) is 7.01. The Morgan fingerprint density at radius 2 is 2.20 bits per heavy atom. The topological polar surface area (TPSA) is 69.6 Å².